The van der Waals surface area contributed by atoms with Crippen molar-refractivity contribution in [2.45, 2.75) is 26.4 Å². The third-order valence-corrected chi connectivity index (χ3v) is 2.27. The van der Waals surface area contributed by atoms with Crippen molar-refractivity contribution in [1.82, 2.24) is 4.98 Å². The van der Waals surface area contributed by atoms with E-state index in [9.17, 15) is 4.79 Å². The summed E-state index contributed by atoms with van der Waals surface area (Å²) in [6, 6.07) is 3.22. The van der Waals surface area contributed by atoms with Crippen molar-refractivity contribution in [3.05, 3.63) is 21.9 Å². The fraction of sp³-hybridized carbons (Fsp3) is 0.400. The largest absolute Gasteiger partial charge is 0.444 e. The van der Waals surface area contributed by atoms with Gasteiger partial charge in [0.2, 0.25) is 0 Å². The topological polar surface area (TPSA) is 51.2 Å². The molecule has 1 rings (SSSR count). The number of nitrogens with one attached hydrogen (secondary N) is 1. The monoisotopic (exact) mass is 306 g/mol. The number of rotatable bonds is 1. The Labute approximate surface area is 107 Å². The van der Waals surface area contributed by atoms with E-state index < -0.39 is 11.7 Å². The molecule has 0 unspecified atom stereocenters. The molecule has 0 aliphatic rings. The maximum atomic E-state index is 11.5. The second-order valence-corrected chi connectivity index (χ2v) is 5.24. The molecule has 0 bridgehead atoms. The number of amides is 1. The summed E-state index contributed by atoms with van der Waals surface area (Å²) in [7, 11) is 0. The van der Waals surface area contributed by atoms with Crippen LogP contribution >= 0.6 is 27.5 Å². The van der Waals surface area contributed by atoms with Crippen molar-refractivity contribution in [3.63, 3.8) is 0 Å². The second-order valence-electron chi connectivity index (χ2n) is 4.10. The molecular formula is C10H12BrClN2O2. The molecule has 88 valence electrons. The number of hydrogen-bond donors (Lipinski definition) is 1. The Morgan fingerprint density at radius 1 is 1.50 bits per heavy atom. The number of anilines is 1. The maximum absolute atomic E-state index is 11.5. The van der Waals surface area contributed by atoms with Crippen molar-refractivity contribution in [3.8, 4) is 0 Å². The highest BCUT2D eigenvalue weighted by Crippen LogP contribution is 2.22. The summed E-state index contributed by atoms with van der Waals surface area (Å²) in [6.45, 7) is 5.38. The van der Waals surface area contributed by atoms with E-state index in [1.165, 1.54) is 0 Å². The molecule has 0 saturated carbocycles. The third-order valence-electron chi connectivity index (χ3n) is 1.45. The standard InChI is InChI=1S/C10H12BrClN2O2/c1-10(2,3)16-9(15)13-6-4-5-7(12)14-8(6)11/h4-5H,1-3H3,(H,13,15). The zero-order valence-electron chi connectivity index (χ0n) is 9.17. The van der Waals surface area contributed by atoms with E-state index in [0.717, 1.165) is 0 Å². The van der Waals surface area contributed by atoms with Gasteiger partial charge in [0.05, 0.1) is 5.69 Å². The van der Waals surface area contributed by atoms with Crippen LogP contribution in [0.25, 0.3) is 0 Å². The van der Waals surface area contributed by atoms with Crippen molar-refractivity contribution in [2.75, 3.05) is 5.32 Å². The SMILES string of the molecule is CC(C)(C)OC(=O)Nc1ccc(Cl)nc1Br. The van der Waals surface area contributed by atoms with Gasteiger partial charge in [-0.25, -0.2) is 9.78 Å². The quantitative estimate of drug-likeness (QED) is 0.802. The van der Waals surface area contributed by atoms with E-state index in [2.05, 4.69) is 26.2 Å². The first-order chi connectivity index (χ1) is 7.28. The van der Waals surface area contributed by atoms with Gasteiger partial charge >= 0.3 is 6.09 Å². The second kappa shape index (κ2) is 5.01. The zero-order chi connectivity index (χ0) is 12.3. The van der Waals surface area contributed by atoms with Crippen LogP contribution in [0.4, 0.5) is 10.5 Å². The minimum absolute atomic E-state index is 0.349. The molecule has 0 saturated heterocycles. The lowest BCUT2D eigenvalue weighted by Gasteiger charge is -2.19. The summed E-state index contributed by atoms with van der Waals surface area (Å²) in [4.78, 5) is 15.4. The van der Waals surface area contributed by atoms with Gasteiger partial charge in [-0.1, -0.05) is 11.6 Å². The molecule has 0 aliphatic heterocycles. The zero-order valence-corrected chi connectivity index (χ0v) is 11.5. The van der Waals surface area contributed by atoms with Crippen LogP contribution in [0.3, 0.4) is 0 Å². The van der Waals surface area contributed by atoms with Crippen molar-refractivity contribution >= 4 is 39.3 Å². The maximum Gasteiger partial charge on any atom is 0.412 e. The molecule has 0 aromatic carbocycles. The van der Waals surface area contributed by atoms with Crippen LogP contribution in [0.1, 0.15) is 20.8 Å². The van der Waals surface area contributed by atoms with Crippen molar-refractivity contribution in [1.29, 1.82) is 0 Å². The Hall–Kier alpha value is -0.810. The molecule has 1 aromatic rings. The molecule has 0 radical (unpaired) electrons. The van der Waals surface area contributed by atoms with Crippen molar-refractivity contribution in [2.24, 2.45) is 0 Å². The van der Waals surface area contributed by atoms with Gasteiger partial charge in [0.1, 0.15) is 15.4 Å². The van der Waals surface area contributed by atoms with Gasteiger partial charge in [0.15, 0.2) is 0 Å². The van der Waals surface area contributed by atoms with E-state index in [1.807, 2.05) is 0 Å². The van der Waals surface area contributed by atoms with Gasteiger partial charge in [0.25, 0.3) is 0 Å². The Morgan fingerprint density at radius 2 is 2.12 bits per heavy atom. The highest BCUT2D eigenvalue weighted by molar-refractivity contribution is 9.10. The summed E-state index contributed by atoms with van der Waals surface area (Å²) in [5.41, 5.74) is -0.0187. The fourth-order valence-corrected chi connectivity index (χ4v) is 1.59. The van der Waals surface area contributed by atoms with Crippen LogP contribution in [0, 0.1) is 0 Å². The normalized spacial score (nSPS) is 11.1. The number of halogens is 2. The van der Waals surface area contributed by atoms with Gasteiger partial charge in [0, 0.05) is 0 Å². The van der Waals surface area contributed by atoms with Crippen molar-refractivity contribution < 1.29 is 9.53 Å². The molecule has 1 amide bonds. The summed E-state index contributed by atoms with van der Waals surface area (Å²) >= 11 is 8.86. The number of pyridine rings is 1. The Morgan fingerprint density at radius 3 is 2.62 bits per heavy atom. The lowest BCUT2D eigenvalue weighted by atomic mass is 10.2. The van der Waals surface area contributed by atoms with Crippen LogP contribution in [-0.2, 0) is 4.74 Å². The van der Waals surface area contributed by atoms with Gasteiger partial charge in [-0.15, -0.1) is 0 Å². The van der Waals surface area contributed by atoms with E-state index in [0.29, 0.717) is 15.4 Å². The molecule has 0 fully saturated rings. The Bertz CT molecular complexity index is 404. The van der Waals surface area contributed by atoms with E-state index in [4.69, 9.17) is 16.3 Å². The summed E-state index contributed by atoms with van der Waals surface area (Å²) in [5, 5.41) is 2.91. The summed E-state index contributed by atoms with van der Waals surface area (Å²) < 4.78 is 5.56. The molecular weight excluding hydrogens is 295 g/mol. The highest BCUT2D eigenvalue weighted by atomic mass is 79.9. The van der Waals surface area contributed by atoms with Gasteiger partial charge in [-0.2, -0.15) is 0 Å². The van der Waals surface area contributed by atoms with E-state index in [-0.39, 0.29) is 0 Å². The highest BCUT2D eigenvalue weighted by Gasteiger charge is 2.17. The number of carbonyl (C=O) groups excluding carboxylic acids is 1. The molecule has 1 N–H and O–H groups in total. The van der Waals surface area contributed by atoms with Gasteiger partial charge in [-0.3, -0.25) is 5.32 Å². The lowest BCUT2D eigenvalue weighted by Crippen LogP contribution is -2.27. The average molecular weight is 308 g/mol. The predicted octanol–water partition coefficient (Wildman–Crippen LogP) is 3.84. The van der Waals surface area contributed by atoms with Crippen LogP contribution in [-0.4, -0.2) is 16.7 Å². The van der Waals surface area contributed by atoms with Crippen LogP contribution in [0.15, 0.2) is 16.7 Å². The molecule has 16 heavy (non-hydrogen) atoms. The number of nitrogens with zero attached hydrogens (tertiary/aromatic N) is 1. The molecule has 0 spiro atoms. The average Bonchev–Trinajstić information content (AvgIpc) is 2.06. The Kier molecular flexibility index (Phi) is 4.15. The first-order valence-electron chi connectivity index (χ1n) is 4.60. The third kappa shape index (κ3) is 4.37. The first kappa shape index (κ1) is 13.3. The smallest absolute Gasteiger partial charge is 0.412 e. The molecule has 1 aromatic heterocycles. The molecule has 4 nitrogen and oxygen atoms in total. The molecule has 1 heterocycles. The van der Waals surface area contributed by atoms with Gasteiger partial charge in [-0.05, 0) is 48.8 Å². The number of hydrogen-bond acceptors (Lipinski definition) is 3. The van der Waals surface area contributed by atoms with Crippen LogP contribution < -0.4 is 5.32 Å². The van der Waals surface area contributed by atoms with E-state index >= 15 is 0 Å². The number of aromatic nitrogens is 1. The molecule has 0 atom stereocenters. The molecule has 0 aliphatic carbocycles. The lowest BCUT2D eigenvalue weighted by molar-refractivity contribution is 0.0636. The first-order valence-corrected chi connectivity index (χ1v) is 5.77. The summed E-state index contributed by atoms with van der Waals surface area (Å²) in [6.07, 6.45) is -0.530. The van der Waals surface area contributed by atoms with E-state index in [1.54, 1.807) is 32.9 Å². The van der Waals surface area contributed by atoms with Crippen LogP contribution in [0.2, 0.25) is 5.15 Å². The molecule has 6 heteroatoms. The van der Waals surface area contributed by atoms with Crippen LogP contribution in [0.5, 0.6) is 0 Å². The minimum Gasteiger partial charge on any atom is -0.444 e. The number of carbonyl (C=O) groups is 1. The Balaban J connectivity index is 2.70. The predicted molar refractivity (Wildman–Crippen MR) is 66.8 cm³/mol. The minimum atomic E-state index is -0.531. The number of ether oxygens (including phenoxy) is 1. The summed E-state index contributed by atoms with van der Waals surface area (Å²) in [5.74, 6) is 0. The van der Waals surface area contributed by atoms with Gasteiger partial charge < -0.3 is 4.74 Å². The fourth-order valence-electron chi connectivity index (χ4n) is 0.919.